The van der Waals surface area contributed by atoms with Crippen LogP contribution in [-0.4, -0.2) is 47.3 Å². The lowest BCUT2D eigenvalue weighted by molar-refractivity contribution is 0.586. The molecular weight excluding hydrogens is 240 g/mol. The summed E-state index contributed by atoms with van der Waals surface area (Å²) in [5.74, 6) is 0.705. The van der Waals surface area contributed by atoms with E-state index in [0.717, 1.165) is 19.2 Å². The lowest BCUT2D eigenvalue weighted by Gasteiger charge is -2.11. The lowest BCUT2D eigenvalue weighted by atomic mass is 10.2. The zero-order chi connectivity index (χ0) is 13.1. The minimum Gasteiger partial charge on any atom is -0.356 e. The lowest BCUT2D eigenvalue weighted by Crippen LogP contribution is -2.41. The summed E-state index contributed by atoms with van der Waals surface area (Å²) in [6.07, 6.45) is 4.63. The maximum absolute atomic E-state index is 10.8. The molecule has 0 saturated carbocycles. The van der Waals surface area contributed by atoms with Crippen LogP contribution in [0.15, 0.2) is 4.99 Å². The second-order valence-electron chi connectivity index (χ2n) is 3.80. The van der Waals surface area contributed by atoms with E-state index in [1.54, 1.807) is 7.05 Å². The molecule has 0 atom stereocenters. The van der Waals surface area contributed by atoms with Crippen molar-refractivity contribution in [1.82, 2.24) is 15.4 Å². The van der Waals surface area contributed by atoms with Gasteiger partial charge in [0.1, 0.15) is 0 Å². The quantitative estimate of drug-likeness (QED) is 0.324. The third kappa shape index (κ3) is 11.4. The molecule has 17 heavy (non-hydrogen) atoms. The Morgan fingerprint density at radius 3 is 2.29 bits per heavy atom. The van der Waals surface area contributed by atoms with Gasteiger partial charge in [-0.2, -0.15) is 0 Å². The van der Waals surface area contributed by atoms with Crippen LogP contribution in [0.1, 0.15) is 26.2 Å². The smallest absolute Gasteiger partial charge is 0.208 e. The van der Waals surface area contributed by atoms with Crippen molar-refractivity contribution in [1.29, 1.82) is 0 Å². The monoisotopic (exact) mass is 264 g/mol. The van der Waals surface area contributed by atoms with Crippen molar-refractivity contribution in [3.8, 4) is 0 Å². The molecule has 102 valence electrons. The highest BCUT2D eigenvalue weighted by Crippen LogP contribution is 1.90. The van der Waals surface area contributed by atoms with Gasteiger partial charge < -0.3 is 10.6 Å². The molecule has 0 bridgehead atoms. The first-order chi connectivity index (χ1) is 7.99. The summed E-state index contributed by atoms with van der Waals surface area (Å²) in [5.41, 5.74) is 0. The topological polar surface area (TPSA) is 82.6 Å². The molecule has 3 N–H and O–H groups in total. The maximum atomic E-state index is 10.8. The molecule has 0 spiro atoms. The summed E-state index contributed by atoms with van der Waals surface area (Å²) < 4.78 is 24.0. The van der Waals surface area contributed by atoms with Crippen molar-refractivity contribution in [3.63, 3.8) is 0 Å². The maximum Gasteiger partial charge on any atom is 0.208 e. The number of hydrogen-bond donors (Lipinski definition) is 3. The highest BCUT2D eigenvalue weighted by atomic mass is 32.2. The minimum atomic E-state index is -3.10. The summed E-state index contributed by atoms with van der Waals surface area (Å²) in [4.78, 5) is 4.04. The van der Waals surface area contributed by atoms with E-state index < -0.39 is 10.0 Å². The number of aliphatic imine (C=N–C) groups is 1. The summed E-state index contributed by atoms with van der Waals surface area (Å²) in [7, 11) is -1.41. The number of rotatable bonds is 8. The Kier molecular flexibility index (Phi) is 8.79. The van der Waals surface area contributed by atoms with Crippen molar-refractivity contribution in [3.05, 3.63) is 0 Å². The molecule has 0 saturated heterocycles. The Balaban J connectivity index is 3.62. The SMILES string of the molecule is CCCCCNC(=NC)NCCNS(C)(=O)=O. The zero-order valence-electron chi connectivity index (χ0n) is 10.9. The van der Waals surface area contributed by atoms with Crippen molar-refractivity contribution in [2.24, 2.45) is 4.99 Å². The van der Waals surface area contributed by atoms with Crippen LogP contribution >= 0.6 is 0 Å². The van der Waals surface area contributed by atoms with Crippen LogP contribution in [0.3, 0.4) is 0 Å². The van der Waals surface area contributed by atoms with Crippen molar-refractivity contribution < 1.29 is 8.42 Å². The first-order valence-corrected chi connectivity index (χ1v) is 7.78. The van der Waals surface area contributed by atoms with E-state index in [4.69, 9.17) is 0 Å². The number of sulfonamides is 1. The Labute approximate surface area is 104 Å². The average molecular weight is 264 g/mol. The average Bonchev–Trinajstić information content (AvgIpc) is 2.25. The van der Waals surface area contributed by atoms with Gasteiger partial charge in [-0.15, -0.1) is 0 Å². The molecule has 0 aromatic rings. The predicted molar refractivity (Wildman–Crippen MR) is 71.7 cm³/mol. The molecule has 0 unspecified atom stereocenters. The Morgan fingerprint density at radius 2 is 1.76 bits per heavy atom. The first kappa shape index (κ1) is 16.2. The number of nitrogens with zero attached hydrogens (tertiary/aromatic N) is 1. The van der Waals surface area contributed by atoms with Crippen molar-refractivity contribution in [2.45, 2.75) is 26.2 Å². The van der Waals surface area contributed by atoms with Gasteiger partial charge in [-0.25, -0.2) is 13.1 Å². The fourth-order valence-electron chi connectivity index (χ4n) is 1.22. The molecule has 0 amide bonds. The van der Waals surface area contributed by atoms with E-state index in [2.05, 4.69) is 27.3 Å². The molecule has 7 heteroatoms. The molecule has 0 rings (SSSR count). The summed E-state index contributed by atoms with van der Waals surface area (Å²) in [6, 6.07) is 0. The third-order valence-electron chi connectivity index (χ3n) is 2.08. The van der Waals surface area contributed by atoms with E-state index in [-0.39, 0.29) is 0 Å². The number of guanidine groups is 1. The molecule has 0 aromatic heterocycles. The van der Waals surface area contributed by atoms with E-state index in [0.29, 0.717) is 19.0 Å². The minimum absolute atomic E-state index is 0.356. The third-order valence-corrected chi connectivity index (χ3v) is 2.81. The number of unbranched alkanes of at least 4 members (excludes halogenated alkanes) is 2. The fraction of sp³-hybridized carbons (Fsp3) is 0.900. The van der Waals surface area contributed by atoms with Crippen LogP contribution in [0.5, 0.6) is 0 Å². The van der Waals surface area contributed by atoms with Gasteiger partial charge in [0, 0.05) is 26.7 Å². The highest BCUT2D eigenvalue weighted by Gasteiger charge is 2.00. The Morgan fingerprint density at radius 1 is 1.12 bits per heavy atom. The van der Waals surface area contributed by atoms with E-state index in [1.807, 2.05) is 0 Å². The van der Waals surface area contributed by atoms with Gasteiger partial charge in [-0.1, -0.05) is 19.8 Å². The van der Waals surface area contributed by atoms with Crippen LogP contribution in [0.4, 0.5) is 0 Å². The number of nitrogens with one attached hydrogen (secondary N) is 3. The van der Waals surface area contributed by atoms with E-state index >= 15 is 0 Å². The number of hydrogen-bond acceptors (Lipinski definition) is 3. The summed E-state index contributed by atoms with van der Waals surface area (Å²) in [5, 5.41) is 6.19. The van der Waals surface area contributed by atoms with Gasteiger partial charge in [0.05, 0.1) is 6.26 Å². The van der Waals surface area contributed by atoms with E-state index in [1.165, 1.54) is 12.8 Å². The predicted octanol–water partition coefficient (Wildman–Crippen LogP) is -0.109. The summed E-state index contributed by atoms with van der Waals surface area (Å²) >= 11 is 0. The molecular formula is C10H24N4O2S. The first-order valence-electron chi connectivity index (χ1n) is 5.88. The van der Waals surface area contributed by atoms with Gasteiger partial charge in [0.2, 0.25) is 10.0 Å². The van der Waals surface area contributed by atoms with Crippen LogP contribution in [0.25, 0.3) is 0 Å². The molecule has 0 aromatic carbocycles. The van der Waals surface area contributed by atoms with Crippen LogP contribution < -0.4 is 15.4 Å². The zero-order valence-corrected chi connectivity index (χ0v) is 11.7. The van der Waals surface area contributed by atoms with Gasteiger partial charge >= 0.3 is 0 Å². The second kappa shape index (κ2) is 9.23. The fourth-order valence-corrected chi connectivity index (χ4v) is 1.69. The molecule has 0 aliphatic heterocycles. The van der Waals surface area contributed by atoms with Crippen molar-refractivity contribution >= 4 is 16.0 Å². The molecule has 0 aliphatic carbocycles. The highest BCUT2D eigenvalue weighted by molar-refractivity contribution is 7.88. The van der Waals surface area contributed by atoms with Crippen LogP contribution in [0, 0.1) is 0 Å². The van der Waals surface area contributed by atoms with Gasteiger partial charge in [0.15, 0.2) is 5.96 Å². The van der Waals surface area contributed by atoms with Gasteiger partial charge in [-0.05, 0) is 6.42 Å². The Bertz CT molecular complexity index is 314. The molecule has 6 nitrogen and oxygen atoms in total. The van der Waals surface area contributed by atoms with Gasteiger partial charge in [0.25, 0.3) is 0 Å². The molecule has 0 aliphatic rings. The molecule has 0 radical (unpaired) electrons. The standard InChI is InChI=1S/C10H24N4O2S/c1-4-5-6-7-12-10(11-2)13-8-9-14-17(3,15)16/h14H,4-9H2,1-3H3,(H2,11,12,13). The summed E-state index contributed by atoms with van der Waals surface area (Å²) in [6.45, 7) is 3.91. The van der Waals surface area contributed by atoms with Gasteiger partial charge in [-0.3, -0.25) is 4.99 Å². The van der Waals surface area contributed by atoms with Crippen LogP contribution in [0.2, 0.25) is 0 Å². The normalized spacial score (nSPS) is 12.5. The van der Waals surface area contributed by atoms with E-state index in [9.17, 15) is 8.42 Å². The second-order valence-corrected chi connectivity index (χ2v) is 5.63. The Hall–Kier alpha value is -0.820. The largest absolute Gasteiger partial charge is 0.356 e. The van der Waals surface area contributed by atoms with Crippen molar-refractivity contribution in [2.75, 3.05) is 32.9 Å². The molecule has 0 heterocycles. The molecule has 0 fully saturated rings. The van der Waals surface area contributed by atoms with Crippen LogP contribution in [-0.2, 0) is 10.0 Å².